The van der Waals surface area contributed by atoms with Gasteiger partial charge in [-0.05, 0) is 60.2 Å². The summed E-state index contributed by atoms with van der Waals surface area (Å²) in [6.45, 7) is 0. The van der Waals surface area contributed by atoms with Crippen LogP contribution in [0.25, 0.3) is 6.08 Å². The van der Waals surface area contributed by atoms with E-state index in [4.69, 9.17) is 4.74 Å². The standard InChI is InChI=1S/C22H24O2/c1-24-21-14-12-20(13-15-21)22(23)16-9-17-7-10-19(11-8-17)18-5-3-2-4-6-18/h7-16,18H,2-6H2,1H3/b16-9+. The van der Waals surface area contributed by atoms with Crippen molar-refractivity contribution < 1.29 is 9.53 Å². The van der Waals surface area contributed by atoms with Crippen molar-refractivity contribution in [3.63, 3.8) is 0 Å². The number of ether oxygens (including phenoxy) is 1. The molecule has 24 heavy (non-hydrogen) atoms. The minimum Gasteiger partial charge on any atom is -0.497 e. The Balaban J connectivity index is 1.63. The summed E-state index contributed by atoms with van der Waals surface area (Å²) in [4.78, 5) is 12.2. The highest BCUT2D eigenvalue weighted by molar-refractivity contribution is 6.06. The molecule has 2 heteroatoms. The van der Waals surface area contributed by atoms with Crippen molar-refractivity contribution in [3.05, 3.63) is 71.3 Å². The normalized spacial score (nSPS) is 15.5. The molecule has 2 nitrogen and oxygen atoms in total. The molecule has 1 saturated carbocycles. The summed E-state index contributed by atoms with van der Waals surface area (Å²) in [6, 6.07) is 15.8. The number of carbonyl (C=O) groups excluding carboxylic acids is 1. The van der Waals surface area contributed by atoms with Gasteiger partial charge in [-0.3, -0.25) is 4.79 Å². The second-order valence-electron chi connectivity index (χ2n) is 6.43. The average molecular weight is 320 g/mol. The lowest BCUT2D eigenvalue weighted by molar-refractivity contribution is 0.104. The fourth-order valence-electron chi connectivity index (χ4n) is 3.34. The molecule has 0 N–H and O–H groups in total. The maximum Gasteiger partial charge on any atom is 0.185 e. The van der Waals surface area contributed by atoms with Gasteiger partial charge in [0.2, 0.25) is 0 Å². The van der Waals surface area contributed by atoms with E-state index in [1.807, 2.05) is 6.08 Å². The van der Waals surface area contributed by atoms with Crippen molar-refractivity contribution in [1.82, 2.24) is 0 Å². The van der Waals surface area contributed by atoms with E-state index in [0.29, 0.717) is 5.56 Å². The Morgan fingerprint density at radius 1 is 0.958 bits per heavy atom. The zero-order valence-corrected chi connectivity index (χ0v) is 14.2. The summed E-state index contributed by atoms with van der Waals surface area (Å²) in [5.41, 5.74) is 3.18. The first-order valence-corrected chi connectivity index (χ1v) is 8.73. The molecule has 1 aliphatic carbocycles. The topological polar surface area (TPSA) is 26.3 Å². The summed E-state index contributed by atoms with van der Waals surface area (Å²) in [5.74, 6) is 1.49. The summed E-state index contributed by atoms with van der Waals surface area (Å²) in [6.07, 6.45) is 10.2. The number of hydrogen-bond donors (Lipinski definition) is 0. The van der Waals surface area contributed by atoms with Gasteiger partial charge in [0, 0.05) is 5.56 Å². The first-order valence-electron chi connectivity index (χ1n) is 8.73. The fraction of sp³-hybridized carbons (Fsp3) is 0.318. The van der Waals surface area contributed by atoms with Crippen LogP contribution in [-0.2, 0) is 0 Å². The lowest BCUT2D eigenvalue weighted by atomic mass is 9.84. The smallest absolute Gasteiger partial charge is 0.185 e. The lowest BCUT2D eigenvalue weighted by Crippen LogP contribution is -2.04. The van der Waals surface area contributed by atoms with Gasteiger partial charge in [-0.2, -0.15) is 0 Å². The van der Waals surface area contributed by atoms with Gasteiger partial charge in [-0.25, -0.2) is 0 Å². The lowest BCUT2D eigenvalue weighted by Gasteiger charge is -2.21. The number of ketones is 1. The maximum atomic E-state index is 12.2. The van der Waals surface area contributed by atoms with Gasteiger partial charge in [-0.15, -0.1) is 0 Å². The van der Waals surface area contributed by atoms with Crippen molar-refractivity contribution in [2.45, 2.75) is 38.0 Å². The quantitative estimate of drug-likeness (QED) is 0.526. The maximum absolute atomic E-state index is 12.2. The first-order chi connectivity index (χ1) is 11.8. The molecule has 0 bridgehead atoms. The predicted molar refractivity (Wildman–Crippen MR) is 98.6 cm³/mol. The van der Waals surface area contributed by atoms with Gasteiger partial charge >= 0.3 is 0 Å². The second kappa shape index (κ2) is 7.96. The van der Waals surface area contributed by atoms with Crippen molar-refractivity contribution in [1.29, 1.82) is 0 Å². The number of methoxy groups -OCH3 is 1. The minimum atomic E-state index is 0.00834. The third-order valence-electron chi connectivity index (χ3n) is 4.81. The van der Waals surface area contributed by atoms with E-state index in [-0.39, 0.29) is 5.78 Å². The van der Waals surface area contributed by atoms with E-state index >= 15 is 0 Å². The van der Waals surface area contributed by atoms with Crippen LogP contribution in [0, 0.1) is 0 Å². The second-order valence-corrected chi connectivity index (χ2v) is 6.43. The molecular formula is C22H24O2. The van der Waals surface area contributed by atoms with Crippen LogP contribution < -0.4 is 4.74 Å². The third kappa shape index (κ3) is 4.14. The molecule has 0 amide bonds. The Morgan fingerprint density at radius 3 is 2.25 bits per heavy atom. The summed E-state index contributed by atoms with van der Waals surface area (Å²) in [5, 5.41) is 0. The highest BCUT2D eigenvalue weighted by atomic mass is 16.5. The van der Waals surface area contributed by atoms with Crippen LogP contribution in [0.1, 0.15) is 59.5 Å². The van der Waals surface area contributed by atoms with E-state index < -0.39 is 0 Å². The van der Waals surface area contributed by atoms with Gasteiger partial charge in [0.15, 0.2) is 5.78 Å². The van der Waals surface area contributed by atoms with Crippen LogP contribution in [0.15, 0.2) is 54.6 Å². The molecule has 0 unspecified atom stereocenters. The Morgan fingerprint density at radius 2 is 1.62 bits per heavy atom. The number of benzene rings is 2. The molecule has 3 rings (SSSR count). The number of rotatable bonds is 5. The molecular weight excluding hydrogens is 296 g/mol. The molecule has 0 radical (unpaired) electrons. The summed E-state index contributed by atoms with van der Waals surface area (Å²) < 4.78 is 5.11. The molecule has 0 atom stereocenters. The average Bonchev–Trinajstić information content (AvgIpc) is 2.67. The van der Waals surface area contributed by atoms with Gasteiger partial charge in [0.1, 0.15) is 5.75 Å². The summed E-state index contributed by atoms with van der Waals surface area (Å²) in [7, 11) is 1.62. The van der Waals surface area contributed by atoms with Crippen molar-refractivity contribution in [2.75, 3.05) is 7.11 Å². The molecule has 2 aromatic rings. The van der Waals surface area contributed by atoms with Crippen LogP contribution in [0.4, 0.5) is 0 Å². The van der Waals surface area contributed by atoms with E-state index in [9.17, 15) is 4.79 Å². The molecule has 1 aliphatic rings. The Labute approximate surface area is 144 Å². The fourth-order valence-corrected chi connectivity index (χ4v) is 3.34. The third-order valence-corrected chi connectivity index (χ3v) is 4.81. The van der Waals surface area contributed by atoms with Crippen LogP contribution in [-0.4, -0.2) is 12.9 Å². The van der Waals surface area contributed by atoms with E-state index in [1.165, 1.54) is 37.7 Å². The molecule has 0 heterocycles. The first kappa shape index (κ1) is 16.5. The molecule has 0 spiro atoms. The zero-order valence-electron chi connectivity index (χ0n) is 14.2. The van der Waals surface area contributed by atoms with Crippen molar-refractivity contribution in [2.24, 2.45) is 0 Å². The van der Waals surface area contributed by atoms with Crippen LogP contribution in [0.5, 0.6) is 5.75 Å². The van der Waals surface area contributed by atoms with E-state index in [1.54, 1.807) is 37.5 Å². The van der Waals surface area contributed by atoms with Crippen LogP contribution in [0.3, 0.4) is 0 Å². The van der Waals surface area contributed by atoms with E-state index in [0.717, 1.165) is 17.2 Å². The number of allylic oxidation sites excluding steroid dienone is 1. The van der Waals surface area contributed by atoms with Crippen LogP contribution >= 0.6 is 0 Å². The SMILES string of the molecule is COc1ccc(C(=O)/C=C/c2ccc(C3CCCCC3)cc2)cc1. The van der Waals surface area contributed by atoms with Crippen LogP contribution in [0.2, 0.25) is 0 Å². The molecule has 0 aromatic heterocycles. The Hall–Kier alpha value is -2.35. The van der Waals surface area contributed by atoms with Gasteiger partial charge in [-0.1, -0.05) is 49.6 Å². The zero-order chi connectivity index (χ0) is 16.8. The molecule has 2 aromatic carbocycles. The summed E-state index contributed by atoms with van der Waals surface area (Å²) >= 11 is 0. The molecule has 0 saturated heterocycles. The number of hydrogen-bond acceptors (Lipinski definition) is 2. The van der Waals surface area contributed by atoms with Gasteiger partial charge < -0.3 is 4.74 Å². The highest BCUT2D eigenvalue weighted by Crippen LogP contribution is 2.32. The molecule has 1 fully saturated rings. The Kier molecular flexibility index (Phi) is 5.47. The predicted octanol–water partition coefficient (Wildman–Crippen LogP) is 5.64. The molecule has 0 aliphatic heterocycles. The van der Waals surface area contributed by atoms with E-state index in [2.05, 4.69) is 24.3 Å². The van der Waals surface area contributed by atoms with Gasteiger partial charge in [0.25, 0.3) is 0 Å². The monoisotopic (exact) mass is 320 g/mol. The molecule has 124 valence electrons. The highest BCUT2D eigenvalue weighted by Gasteiger charge is 2.14. The Bertz CT molecular complexity index is 690. The largest absolute Gasteiger partial charge is 0.497 e. The van der Waals surface area contributed by atoms with Gasteiger partial charge in [0.05, 0.1) is 7.11 Å². The van der Waals surface area contributed by atoms with Crippen molar-refractivity contribution in [3.8, 4) is 5.75 Å². The minimum absolute atomic E-state index is 0.00834. The number of carbonyl (C=O) groups is 1. The van der Waals surface area contributed by atoms with Crippen molar-refractivity contribution >= 4 is 11.9 Å².